The maximum absolute atomic E-state index is 10.6. The van der Waals surface area contributed by atoms with Gasteiger partial charge in [-0.2, -0.15) is 0 Å². The van der Waals surface area contributed by atoms with Gasteiger partial charge in [-0.05, 0) is 43.7 Å². The monoisotopic (exact) mass is 328 g/mol. The van der Waals surface area contributed by atoms with Gasteiger partial charge in [0.2, 0.25) is 5.24 Å². The Bertz CT molecular complexity index is 260. The van der Waals surface area contributed by atoms with Crippen LogP contribution in [0.5, 0.6) is 0 Å². The van der Waals surface area contributed by atoms with Crippen LogP contribution < -0.4 is 0 Å². The predicted molar refractivity (Wildman–Crippen MR) is 99.5 cm³/mol. The van der Waals surface area contributed by atoms with Gasteiger partial charge in [-0.1, -0.05) is 83.3 Å². The summed E-state index contributed by atoms with van der Waals surface area (Å²) < 4.78 is 0. The highest BCUT2D eigenvalue weighted by Gasteiger charge is 1.95. The van der Waals surface area contributed by atoms with E-state index in [1.54, 1.807) is 0 Å². The third-order valence-electron chi connectivity index (χ3n) is 4.14. The van der Waals surface area contributed by atoms with E-state index in [9.17, 15) is 4.79 Å². The minimum atomic E-state index is -0.189. The normalized spacial score (nSPS) is 11.4. The Hall–Kier alpha value is -0.300. The first-order chi connectivity index (χ1) is 10.8. The molecule has 0 heterocycles. The van der Waals surface area contributed by atoms with Crippen molar-refractivity contribution in [3.05, 3.63) is 12.2 Å². The van der Waals surface area contributed by atoms with Gasteiger partial charge in [-0.15, -0.1) is 0 Å². The molecule has 0 radical (unpaired) electrons. The van der Waals surface area contributed by atoms with Crippen molar-refractivity contribution in [2.45, 2.75) is 110 Å². The van der Waals surface area contributed by atoms with Gasteiger partial charge in [0.05, 0.1) is 0 Å². The zero-order valence-electron chi connectivity index (χ0n) is 14.8. The van der Waals surface area contributed by atoms with Crippen molar-refractivity contribution in [1.82, 2.24) is 0 Å². The summed E-state index contributed by atoms with van der Waals surface area (Å²) in [6.45, 7) is 2.27. The molecule has 0 aliphatic heterocycles. The highest BCUT2D eigenvalue weighted by atomic mass is 35.5. The van der Waals surface area contributed by atoms with E-state index < -0.39 is 0 Å². The summed E-state index contributed by atoms with van der Waals surface area (Å²) in [4.78, 5) is 10.6. The Kier molecular flexibility index (Phi) is 18.5. The number of carbonyl (C=O) groups is 1. The SMILES string of the molecule is CCCCCCCCC/C=C/CCCCCCCCC(=O)Cl. The number of allylic oxidation sites excluding steroid dienone is 2. The van der Waals surface area contributed by atoms with Crippen molar-refractivity contribution in [3.63, 3.8) is 0 Å². The Morgan fingerprint density at radius 1 is 0.682 bits per heavy atom. The second-order valence-corrected chi connectivity index (χ2v) is 6.82. The number of rotatable bonds is 17. The lowest BCUT2D eigenvalue weighted by Crippen LogP contribution is -1.86. The largest absolute Gasteiger partial charge is 0.281 e. The average molecular weight is 329 g/mol. The molecule has 0 aromatic carbocycles. The third kappa shape index (κ3) is 19.7. The highest BCUT2D eigenvalue weighted by molar-refractivity contribution is 6.63. The summed E-state index contributed by atoms with van der Waals surface area (Å²) in [7, 11) is 0. The summed E-state index contributed by atoms with van der Waals surface area (Å²) in [5, 5.41) is -0.189. The predicted octanol–water partition coefficient (Wildman–Crippen LogP) is 7.57. The second-order valence-electron chi connectivity index (χ2n) is 6.40. The van der Waals surface area contributed by atoms with Gasteiger partial charge in [0.15, 0.2) is 0 Å². The van der Waals surface area contributed by atoms with Crippen LogP contribution in [-0.2, 0) is 4.79 Å². The average Bonchev–Trinajstić information content (AvgIpc) is 2.50. The summed E-state index contributed by atoms with van der Waals surface area (Å²) in [6, 6.07) is 0. The molecule has 0 bridgehead atoms. The van der Waals surface area contributed by atoms with E-state index >= 15 is 0 Å². The molecule has 1 nitrogen and oxygen atoms in total. The van der Waals surface area contributed by atoms with Crippen LogP contribution in [0.25, 0.3) is 0 Å². The Morgan fingerprint density at radius 2 is 1.09 bits per heavy atom. The minimum Gasteiger partial charge on any atom is -0.281 e. The van der Waals surface area contributed by atoms with Crippen LogP contribution in [0, 0.1) is 0 Å². The van der Waals surface area contributed by atoms with Gasteiger partial charge in [0, 0.05) is 6.42 Å². The molecule has 0 saturated heterocycles. The molecular formula is C20H37ClO. The van der Waals surface area contributed by atoms with Crippen LogP contribution in [0.4, 0.5) is 0 Å². The molecule has 0 fully saturated rings. The second kappa shape index (κ2) is 18.7. The number of hydrogen-bond donors (Lipinski definition) is 0. The van der Waals surface area contributed by atoms with E-state index in [1.807, 2.05) is 0 Å². The van der Waals surface area contributed by atoms with Crippen molar-refractivity contribution in [2.24, 2.45) is 0 Å². The van der Waals surface area contributed by atoms with Gasteiger partial charge in [0.25, 0.3) is 0 Å². The molecule has 0 rings (SSSR count). The number of hydrogen-bond acceptors (Lipinski definition) is 1. The summed E-state index contributed by atoms with van der Waals surface area (Å²) in [5.74, 6) is 0. The molecule has 0 N–H and O–H groups in total. The maximum atomic E-state index is 10.6. The lowest BCUT2D eigenvalue weighted by atomic mass is 10.1. The van der Waals surface area contributed by atoms with Crippen molar-refractivity contribution < 1.29 is 4.79 Å². The Morgan fingerprint density at radius 3 is 1.55 bits per heavy atom. The lowest BCUT2D eigenvalue weighted by molar-refractivity contribution is -0.111. The highest BCUT2D eigenvalue weighted by Crippen LogP contribution is 2.11. The van der Waals surface area contributed by atoms with Crippen LogP contribution in [0.3, 0.4) is 0 Å². The quantitative estimate of drug-likeness (QED) is 0.153. The first-order valence-corrected chi connectivity index (χ1v) is 9.98. The van der Waals surface area contributed by atoms with Crippen molar-refractivity contribution >= 4 is 16.8 Å². The van der Waals surface area contributed by atoms with Gasteiger partial charge in [0.1, 0.15) is 0 Å². The minimum absolute atomic E-state index is 0.189. The number of halogens is 1. The molecule has 0 amide bonds. The van der Waals surface area contributed by atoms with Crippen LogP contribution in [0.1, 0.15) is 110 Å². The maximum Gasteiger partial charge on any atom is 0.221 e. The van der Waals surface area contributed by atoms with E-state index in [0.29, 0.717) is 6.42 Å². The molecule has 0 aromatic rings. The first-order valence-electron chi connectivity index (χ1n) is 9.60. The molecule has 0 unspecified atom stereocenters. The van der Waals surface area contributed by atoms with Gasteiger partial charge < -0.3 is 0 Å². The van der Waals surface area contributed by atoms with Crippen LogP contribution >= 0.6 is 11.6 Å². The Labute approximate surface area is 143 Å². The lowest BCUT2D eigenvalue weighted by Gasteiger charge is -2.00. The zero-order valence-corrected chi connectivity index (χ0v) is 15.5. The fraction of sp³-hybridized carbons (Fsp3) is 0.850. The molecular weight excluding hydrogens is 292 g/mol. The Balaban J connectivity index is 3.07. The van der Waals surface area contributed by atoms with Crippen LogP contribution in [-0.4, -0.2) is 5.24 Å². The first kappa shape index (κ1) is 21.7. The molecule has 0 aromatic heterocycles. The fourth-order valence-corrected chi connectivity index (χ4v) is 2.82. The molecule has 0 aliphatic rings. The zero-order chi connectivity index (χ0) is 16.3. The van der Waals surface area contributed by atoms with E-state index in [2.05, 4.69) is 19.1 Å². The van der Waals surface area contributed by atoms with Gasteiger partial charge >= 0.3 is 0 Å². The summed E-state index contributed by atoms with van der Waals surface area (Å²) in [5.41, 5.74) is 0. The van der Waals surface area contributed by atoms with Crippen molar-refractivity contribution in [3.8, 4) is 0 Å². The van der Waals surface area contributed by atoms with E-state index in [1.165, 1.54) is 83.5 Å². The van der Waals surface area contributed by atoms with Gasteiger partial charge in [-0.3, -0.25) is 4.79 Å². The van der Waals surface area contributed by atoms with E-state index in [-0.39, 0.29) is 5.24 Å². The van der Waals surface area contributed by atoms with Crippen molar-refractivity contribution in [2.75, 3.05) is 0 Å². The molecule has 0 saturated carbocycles. The molecule has 0 spiro atoms. The fourth-order valence-electron chi connectivity index (χ4n) is 2.69. The number of unbranched alkanes of at least 4 members (excludes halogenated alkanes) is 13. The smallest absolute Gasteiger partial charge is 0.221 e. The topological polar surface area (TPSA) is 17.1 Å². The standard InChI is InChI=1S/C20H37ClO/c1-2-3-4-5-6-7-8-9-10-11-12-13-14-15-16-17-18-19-20(21)22/h10-11H,2-9,12-19H2,1H3/b11-10+. The van der Waals surface area contributed by atoms with E-state index in [0.717, 1.165) is 12.8 Å². The molecule has 2 heteroatoms. The molecule has 22 heavy (non-hydrogen) atoms. The summed E-state index contributed by atoms with van der Waals surface area (Å²) in [6.07, 6.45) is 24.8. The number of carbonyl (C=O) groups excluding carboxylic acids is 1. The van der Waals surface area contributed by atoms with Crippen LogP contribution in [0.2, 0.25) is 0 Å². The summed E-state index contributed by atoms with van der Waals surface area (Å²) >= 11 is 5.30. The molecule has 0 aliphatic carbocycles. The van der Waals surface area contributed by atoms with Crippen LogP contribution in [0.15, 0.2) is 12.2 Å². The molecule has 0 atom stereocenters. The molecule has 130 valence electrons. The third-order valence-corrected chi connectivity index (χ3v) is 4.32. The van der Waals surface area contributed by atoms with Gasteiger partial charge in [-0.25, -0.2) is 0 Å². The van der Waals surface area contributed by atoms with Crippen molar-refractivity contribution in [1.29, 1.82) is 0 Å². The van der Waals surface area contributed by atoms with E-state index in [4.69, 9.17) is 11.6 Å².